The number of hydrogen-bond donors (Lipinski definition) is 0. The van der Waals surface area contributed by atoms with Gasteiger partial charge in [0.15, 0.2) is 5.65 Å². The Hall–Kier alpha value is -1.45. The molecule has 2 aromatic heterocycles. The summed E-state index contributed by atoms with van der Waals surface area (Å²) >= 11 is 0. The van der Waals surface area contributed by atoms with E-state index in [4.69, 9.17) is 0 Å². The Bertz CT molecular complexity index is 470. The van der Waals surface area contributed by atoms with Crippen molar-refractivity contribution in [2.24, 2.45) is 0 Å². The van der Waals surface area contributed by atoms with Crippen LogP contribution < -0.4 is 0 Å². The summed E-state index contributed by atoms with van der Waals surface area (Å²) in [6.07, 6.45) is 3.60. The second-order valence-electron chi connectivity index (χ2n) is 4.34. The van der Waals surface area contributed by atoms with Crippen LogP contribution in [0, 0.1) is 0 Å². The first-order chi connectivity index (χ1) is 7.09. The molecule has 0 aliphatic carbocycles. The van der Waals surface area contributed by atoms with Gasteiger partial charge < -0.3 is 0 Å². The number of aromatic nitrogens is 4. The minimum absolute atomic E-state index is 0.319. The summed E-state index contributed by atoms with van der Waals surface area (Å²) in [6.45, 7) is 8.42. The Balaban J connectivity index is 2.61. The highest BCUT2D eigenvalue weighted by Crippen LogP contribution is 2.17. The van der Waals surface area contributed by atoms with Crippen molar-refractivity contribution in [1.82, 2.24) is 19.7 Å². The molecule has 0 fully saturated rings. The van der Waals surface area contributed by atoms with Crippen LogP contribution in [-0.2, 0) is 0 Å². The van der Waals surface area contributed by atoms with Crippen molar-refractivity contribution in [2.45, 2.75) is 39.7 Å². The van der Waals surface area contributed by atoms with Crippen molar-refractivity contribution in [1.29, 1.82) is 0 Å². The van der Waals surface area contributed by atoms with E-state index in [0.29, 0.717) is 12.0 Å². The molecule has 0 saturated heterocycles. The van der Waals surface area contributed by atoms with Crippen LogP contribution in [0.4, 0.5) is 0 Å². The Morgan fingerprint density at radius 1 is 1.13 bits per heavy atom. The molecule has 2 aromatic rings. The van der Waals surface area contributed by atoms with Gasteiger partial charge in [-0.3, -0.25) is 0 Å². The summed E-state index contributed by atoms with van der Waals surface area (Å²) in [7, 11) is 0. The van der Waals surface area contributed by atoms with Gasteiger partial charge in [-0.05, 0) is 19.8 Å². The van der Waals surface area contributed by atoms with Gasteiger partial charge >= 0.3 is 0 Å². The van der Waals surface area contributed by atoms with Gasteiger partial charge in [-0.25, -0.2) is 14.6 Å². The van der Waals surface area contributed by atoms with E-state index in [0.717, 1.165) is 16.9 Å². The van der Waals surface area contributed by atoms with Crippen molar-refractivity contribution in [2.75, 3.05) is 0 Å². The van der Waals surface area contributed by atoms with Crippen LogP contribution in [0.3, 0.4) is 0 Å². The van der Waals surface area contributed by atoms with Gasteiger partial charge in [0, 0.05) is 12.2 Å². The number of fused-ring (bicyclic) bond motifs is 1. The molecule has 0 atom stereocenters. The lowest BCUT2D eigenvalue weighted by Gasteiger charge is -2.08. The van der Waals surface area contributed by atoms with Crippen molar-refractivity contribution in [3.05, 3.63) is 18.1 Å². The summed E-state index contributed by atoms with van der Waals surface area (Å²) in [5.41, 5.74) is 2.77. The van der Waals surface area contributed by atoms with Gasteiger partial charge in [-0.15, -0.1) is 0 Å². The molecule has 0 N–H and O–H groups in total. The molecule has 0 aliphatic heterocycles. The number of hydrogen-bond acceptors (Lipinski definition) is 3. The van der Waals surface area contributed by atoms with Crippen molar-refractivity contribution >= 4 is 11.2 Å². The van der Waals surface area contributed by atoms with Crippen LogP contribution in [0.15, 0.2) is 12.4 Å². The molecule has 4 heteroatoms. The fourth-order valence-electron chi connectivity index (χ4n) is 1.49. The van der Waals surface area contributed by atoms with E-state index in [9.17, 15) is 0 Å². The molecule has 0 spiro atoms. The van der Waals surface area contributed by atoms with Crippen LogP contribution in [0.2, 0.25) is 0 Å². The van der Waals surface area contributed by atoms with Gasteiger partial charge in [0.2, 0.25) is 0 Å². The Labute approximate surface area is 89.3 Å². The predicted molar refractivity (Wildman–Crippen MR) is 59.8 cm³/mol. The second-order valence-corrected chi connectivity index (χ2v) is 4.34. The zero-order chi connectivity index (χ0) is 11.0. The lowest BCUT2D eigenvalue weighted by Crippen LogP contribution is -2.05. The molecular formula is C11H16N4. The first kappa shape index (κ1) is 10.1. The maximum Gasteiger partial charge on any atom is 0.177 e. The monoisotopic (exact) mass is 204 g/mol. The van der Waals surface area contributed by atoms with Crippen LogP contribution >= 0.6 is 0 Å². The second kappa shape index (κ2) is 3.61. The molecule has 2 heterocycles. The summed E-state index contributed by atoms with van der Waals surface area (Å²) in [5.74, 6) is 0.400. The molecule has 0 aliphatic rings. The minimum Gasteiger partial charge on any atom is -0.249 e. The molecule has 80 valence electrons. The zero-order valence-corrected chi connectivity index (χ0v) is 9.60. The fourth-order valence-corrected chi connectivity index (χ4v) is 1.49. The molecule has 0 saturated carbocycles. The molecule has 0 amide bonds. The topological polar surface area (TPSA) is 43.6 Å². The Kier molecular flexibility index (Phi) is 2.42. The summed E-state index contributed by atoms with van der Waals surface area (Å²) in [6, 6.07) is 0.319. The van der Waals surface area contributed by atoms with E-state index in [-0.39, 0.29) is 0 Å². The first-order valence-electron chi connectivity index (χ1n) is 5.29. The van der Waals surface area contributed by atoms with E-state index >= 15 is 0 Å². The Morgan fingerprint density at radius 3 is 2.47 bits per heavy atom. The summed E-state index contributed by atoms with van der Waals surface area (Å²) in [4.78, 5) is 8.95. The van der Waals surface area contributed by atoms with E-state index < -0.39 is 0 Å². The maximum absolute atomic E-state index is 4.59. The first-order valence-corrected chi connectivity index (χ1v) is 5.29. The normalized spacial score (nSPS) is 11.9. The van der Waals surface area contributed by atoms with E-state index in [1.165, 1.54) is 0 Å². The Morgan fingerprint density at radius 2 is 1.87 bits per heavy atom. The summed E-state index contributed by atoms with van der Waals surface area (Å²) in [5, 5.41) is 4.29. The third kappa shape index (κ3) is 1.71. The van der Waals surface area contributed by atoms with Gasteiger partial charge in [0.05, 0.1) is 11.9 Å². The molecule has 15 heavy (non-hydrogen) atoms. The standard InChI is InChI=1S/C11H16N4/c1-7(2)9-5-12-10-6-13-15(8(3)4)11(10)14-9/h5-8H,1-4H3. The lowest BCUT2D eigenvalue weighted by molar-refractivity contribution is 0.545. The lowest BCUT2D eigenvalue weighted by atomic mass is 10.1. The number of nitrogens with zero attached hydrogens (tertiary/aromatic N) is 4. The molecular weight excluding hydrogens is 188 g/mol. The quantitative estimate of drug-likeness (QED) is 0.755. The SMILES string of the molecule is CC(C)c1cnc2cnn(C(C)C)c2n1. The fraction of sp³-hybridized carbons (Fsp3) is 0.545. The van der Waals surface area contributed by atoms with Crippen molar-refractivity contribution < 1.29 is 0 Å². The number of rotatable bonds is 2. The van der Waals surface area contributed by atoms with Crippen LogP contribution in [0.5, 0.6) is 0 Å². The largest absolute Gasteiger partial charge is 0.249 e. The van der Waals surface area contributed by atoms with Gasteiger partial charge in [0.25, 0.3) is 0 Å². The van der Waals surface area contributed by atoms with Crippen molar-refractivity contribution in [3.63, 3.8) is 0 Å². The average molecular weight is 204 g/mol. The maximum atomic E-state index is 4.59. The van der Waals surface area contributed by atoms with Crippen LogP contribution in [0.25, 0.3) is 11.2 Å². The highest BCUT2D eigenvalue weighted by Gasteiger charge is 2.10. The van der Waals surface area contributed by atoms with Crippen molar-refractivity contribution in [3.8, 4) is 0 Å². The average Bonchev–Trinajstić information content (AvgIpc) is 2.59. The third-order valence-corrected chi connectivity index (χ3v) is 2.40. The highest BCUT2D eigenvalue weighted by molar-refractivity contribution is 5.69. The molecule has 0 aromatic carbocycles. The van der Waals surface area contributed by atoms with Gasteiger partial charge in [-0.1, -0.05) is 13.8 Å². The zero-order valence-electron chi connectivity index (χ0n) is 9.60. The predicted octanol–water partition coefficient (Wildman–Crippen LogP) is 2.53. The van der Waals surface area contributed by atoms with E-state index in [2.05, 4.69) is 42.8 Å². The van der Waals surface area contributed by atoms with Crippen LogP contribution in [0.1, 0.15) is 45.3 Å². The van der Waals surface area contributed by atoms with E-state index in [1.807, 2.05) is 10.9 Å². The molecule has 0 radical (unpaired) electrons. The molecule has 0 bridgehead atoms. The van der Waals surface area contributed by atoms with Gasteiger partial charge in [0.1, 0.15) is 5.52 Å². The van der Waals surface area contributed by atoms with Crippen LogP contribution in [-0.4, -0.2) is 19.7 Å². The van der Waals surface area contributed by atoms with Gasteiger partial charge in [-0.2, -0.15) is 5.10 Å². The molecule has 4 nitrogen and oxygen atoms in total. The summed E-state index contributed by atoms with van der Waals surface area (Å²) < 4.78 is 1.91. The minimum atomic E-state index is 0.319. The molecule has 2 rings (SSSR count). The highest BCUT2D eigenvalue weighted by atomic mass is 15.3. The third-order valence-electron chi connectivity index (χ3n) is 2.40. The van der Waals surface area contributed by atoms with E-state index in [1.54, 1.807) is 6.20 Å². The smallest absolute Gasteiger partial charge is 0.177 e. The molecule has 0 unspecified atom stereocenters.